The monoisotopic (exact) mass is 291 g/mol. The van der Waals surface area contributed by atoms with E-state index in [9.17, 15) is 4.79 Å². The van der Waals surface area contributed by atoms with Crippen molar-refractivity contribution in [3.8, 4) is 0 Å². The van der Waals surface area contributed by atoms with E-state index in [1.54, 1.807) is 16.5 Å². The molecule has 19 heavy (non-hydrogen) atoms. The van der Waals surface area contributed by atoms with E-state index in [1.807, 2.05) is 30.3 Å². The van der Waals surface area contributed by atoms with Gasteiger partial charge in [0.1, 0.15) is 5.51 Å². The molecule has 1 aromatic heterocycles. The van der Waals surface area contributed by atoms with Gasteiger partial charge in [-0.3, -0.25) is 4.79 Å². The summed E-state index contributed by atoms with van der Waals surface area (Å²) in [5.74, 6) is 0.379. The van der Waals surface area contributed by atoms with Gasteiger partial charge in [0.2, 0.25) is 5.91 Å². The van der Waals surface area contributed by atoms with Crippen molar-refractivity contribution < 1.29 is 4.79 Å². The van der Waals surface area contributed by atoms with E-state index >= 15 is 0 Å². The van der Waals surface area contributed by atoms with Crippen LogP contribution in [-0.2, 0) is 4.79 Å². The Hall–Kier alpha value is -1.66. The summed E-state index contributed by atoms with van der Waals surface area (Å²) in [7, 11) is 0. The average molecular weight is 291 g/mol. The summed E-state index contributed by atoms with van der Waals surface area (Å²) in [5, 5.41) is 7.65. The van der Waals surface area contributed by atoms with E-state index < -0.39 is 0 Å². The van der Waals surface area contributed by atoms with Gasteiger partial charge in [0, 0.05) is 12.2 Å². The number of rotatable bonds is 6. The molecule has 2 aromatic rings. The molecule has 1 aromatic carbocycles. The molecule has 0 atom stereocenters. The summed E-state index contributed by atoms with van der Waals surface area (Å²) in [6.45, 7) is 4.20. The summed E-state index contributed by atoms with van der Waals surface area (Å²) < 4.78 is 0.806. The fourth-order valence-electron chi connectivity index (χ4n) is 1.52. The smallest absolute Gasteiger partial charge is 0.237 e. The molecule has 0 bridgehead atoms. The van der Waals surface area contributed by atoms with Crippen LogP contribution in [0.2, 0.25) is 0 Å². The van der Waals surface area contributed by atoms with Crippen molar-refractivity contribution in [3.63, 3.8) is 0 Å². The molecule has 0 unspecified atom stereocenters. The predicted octanol–water partition coefficient (Wildman–Crippen LogP) is 2.85. The van der Waals surface area contributed by atoms with Crippen molar-refractivity contribution in [1.82, 2.24) is 10.2 Å². The van der Waals surface area contributed by atoms with E-state index in [4.69, 9.17) is 0 Å². The van der Waals surface area contributed by atoms with Crippen LogP contribution < -0.4 is 4.90 Å². The Kier molecular flexibility index (Phi) is 5.11. The summed E-state index contributed by atoms with van der Waals surface area (Å²) in [6, 6.07) is 9.58. The second-order valence-electron chi connectivity index (χ2n) is 3.62. The van der Waals surface area contributed by atoms with Crippen LogP contribution in [0.15, 0.2) is 52.8 Å². The van der Waals surface area contributed by atoms with Crippen molar-refractivity contribution >= 4 is 34.7 Å². The molecule has 0 radical (unpaired) electrons. The van der Waals surface area contributed by atoms with Gasteiger partial charge >= 0.3 is 0 Å². The van der Waals surface area contributed by atoms with Crippen molar-refractivity contribution in [2.75, 3.05) is 17.2 Å². The van der Waals surface area contributed by atoms with Crippen molar-refractivity contribution in [2.24, 2.45) is 0 Å². The molecule has 0 spiro atoms. The number of thioether (sulfide) groups is 1. The largest absolute Gasteiger partial charge is 0.308 e. The first-order valence-corrected chi connectivity index (χ1v) is 7.53. The Morgan fingerprint density at radius 2 is 2.21 bits per heavy atom. The molecule has 1 heterocycles. The molecule has 4 nitrogen and oxygen atoms in total. The average Bonchev–Trinajstić information content (AvgIpc) is 2.96. The van der Waals surface area contributed by atoms with Gasteiger partial charge in [-0.15, -0.1) is 16.8 Å². The highest BCUT2D eigenvalue weighted by atomic mass is 32.2. The first-order chi connectivity index (χ1) is 9.31. The van der Waals surface area contributed by atoms with Gasteiger partial charge in [-0.05, 0) is 12.1 Å². The third kappa shape index (κ3) is 3.90. The van der Waals surface area contributed by atoms with Crippen LogP contribution >= 0.6 is 23.1 Å². The highest BCUT2D eigenvalue weighted by Crippen LogP contribution is 2.21. The zero-order chi connectivity index (χ0) is 13.5. The van der Waals surface area contributed by atoms with Crippen LogP contribution in [0.25, 0.3) is 0 Å². The van der Waals surface area contributed by atoms with Gasteiger partial charge < -0.3 is 4.90 Å². The number of hydrogen-bond acceptors (Lipinski definition) is 5. The minimum Gasteiger partial charge on any atom is -0.308 e. The van der Waals surface area contributed by atoms with Crippen molar-refractivity contribution in [2.45, 2.75) is 4.34 Å². The van der Waals surface area contributed by atoms with Gasteiger partial charge in [0.25, 0.3) is 0 Å². The Balaban J connectivity index is 2.02. The van der Waals surface area contributed by atoms with E-state index in [0.29, 0.717) is 12.3 Å². The van der Waals surface area contributed by atoms with Crippen LogP contribution in [0.3, 0.4) is 0 Å². The molecule has 2 rings (SSSR count). The molecule has 0 saturated heterocycles. The first kappa shape index (κ1) is 13.8. The van der Waals surface area contributed by atoms with Gasteiger partial charge in [0.15, 0.2) is 4.34 Å². The minimum atomic E-state index is 0.0336. The Labute approximate surface area is 120 Å². The van der Waals surface area contributed by atoms with E-state index in [2.05, 4.69) is 16.8 Å². The zero-order valence-electron chi connectivity index (χ0n) is 10.2. The molecule has 0 aliphatic rings. The molecule has 0 aliphatic carbocycles. The summed E-state index contributed by atoms with van der Waals surface area (Å²) in [4.78, 5) is 14.0. The van der Waals surface area contributed by atoms with Crippen LogP contribution in [-0.4, -0.2) is 28.4 Å². The normalized spacial score (nSPS) is 10.1. The number of carbonyl (C=O) groups is 1. The standard InChI is InChI=1S/C13H13N3OS2/c1-2-8-16(11-6-4-3-5-7-11)12(17)9-18-13-15-14-10-19-13/h2-7,10H,1,8-9H2. The zero-order valence-corrected chi connectivity index (χ0v) is 11.9. The van der Waals surface area contributed by atoms with Gasteiger partial charge in [-0.2, -0.15) is 0 Å². The fraction of sp³-hybridized carbons (Fsp3) is 0.154. The van der Waals surface area contributed by atoms with Crippen LogP contribution in [0.4, 0.5) is 5.69 Å². The van der Waals surface area contributed by atoms with Crippen molar-refractivity contribution in [1.29, 1.82) is 0 Å². The Bertz CT molecular complexity index is 528. The number of nitrogens with zero attached hydrogens (tertiary/aromatic N) is 3. The number of benzene rings is 1. The molecule has 6 heteroatoms. The molecule has 0 fully saturated rings. The lowest BCUT2D eigenvalue weighted by Gasteiger charge is -2.20. The lowest BCUT2D eigenvalue weighted by Crippen LogP contribution is -2.32. The molecule has 1 amide bonds. The number of carbonyl (C=O) groups excluding carboxylic acids is 1. The van der Waals surface area contributed by atoms with Crippen molar-refractivity contribution in [3.05, 3.63) is 48.5 Å². The SMILES string of the molecule is C=CCN(C(=O)CSc1nncs1)c1ccccc1. The molecular formula is C13H13N3OS2. The Morgan fingerprint density at radius 1 is 1.42 bits per heavy atom. The fourth-order valence-corrected chi connectivity index (χ4v) is 2.88. The minimum absolute atomic E-state index is 0.0336. The molecule has 0 N–H and O–H groups in total. The third-order valence-electron chi connectivity index (χ3n) is 2.34. The van der Waals surface area contributed by atoms with E-state index in [0.717, 1.165) is 10.0 Å². The lowest BCUT2D eigenvalue weighted by molar-refractivity contribution is -0.116. The van der Waals surface area contributed by atoms with Gasteiger partial charge in [-0.25, -0.2) is 0 Å². The number of anilines is 1. The number of para-hydroxylation sites is 1. The maximum Gasteiger partial charge on any atom is 0.237 e. The van der Waals surface area contributed by atoms with E-state index in [1.165, 1.54) is 23.1 Å². The topological polar surface area (TPSA) is 46.1 Å². The quantitative estimate of drug-likeness (QED) is 0.606. The maximum absolute atomic E-state index is 12.2. The molecule has 98 valence electrons. The van der Waals surface area contributed by atoms with E-state index in [-0.39, 0.29) is 5.91 Å². The summed E-state index contributed by atoms with van der Waals surface area (Å²) in [6.07, 6.45) is 1.72. The highest BCUT2D eigenvalue weighted by molar-refractivity contribution is 8.01. The highest BCUT2D eigenvalue weighted by Gasteiger charge is 2.15. The Morgan fingerprint density at radius 3 is 2.84 bits per heavy atom. The maximum atomic E-state index is 12.2. The summed E-state index contributed by atoms with van der Waals surface area (Å²) in [5.41, 5.74) is 2.54. The second kappa shape index (κ2) is 7.06. The van der Waals surface area contributed by atoms with Gasteiger partial charge in [-0.1, -0.05) is 47.4 Å². The summed E-state index contributed by atoms with van der Waals surface area (Å²) >= 11 is 2.84. The van der Waals surface area contributed by atoms with Crippen LogP contribution in [0.1, 0.15) is 0 Å². The molecule has 0 aliphatic heterocycles. The molecular weight excluding hydrogens is 278 g/mol. The number of amides is 1. The predicted molar refractivity (Wildman–Crippen MR) is 79.6 cm³/mol. The first-order valence-electron chi connectivity index (χ1n) is 5.66. The molecule has 0 saturated carbocycles. The van der Waals surface area contributed by atoms with Crippen LogP contribution in [0, 0.1) is 0 Å². The second-order valence-corrected chi connectivity index (χ2v) is 5.68. The lowest BCUT2D eigenvalue weighted by atomic mass is 10.3. The van der Waals surface area contributed by atoms with Gasteiger partial charge in [0.05, 0.1) is 5.75 Å². The van der Waals surface area contributed by atoms with Crippen LogP contribution in [0.5, 0.6) is 0 Å². The number of hydrogen-bond donors (Lipinski definition) is 0. The number of aromatic nitrogens is 2. The third-order valence-corrected chi connectivity index (χ3v) is 4.18.